The molecular weight excluding hydrogens is 254 g/mol. The van der Waals surface area contributed by atoms with E-state index in [1.165, 1.54) is 0 Å². The molecule has 4 nitrogen and oxygen atoms in total. The fraction of sp³-hybridized carbons (Fsp3) is 0.500. The fourth-order valence-electron chi connectivity index (χ4n) is 2.51. The minimum Gasteiger partial charge on any atom is -0.497 e. The molecule has 0 N–H and O–H groups in total. The number of ether oxygens (including phenoxy) is 2. The van der Waals surface area contributed by atoms with E-state index in [4.69, 9.17) is 9.47 Å². The Bertz CT molecular complexity index is 519. The topological polar surface area (TPSA) is 59.3 Å². The zero-order valence-electron chi connectivity index (χ0n) is 11.7. The lowest BCUT2D eigenvalue weighted by Gasteiger charge is -2.15. The van der Waals surface area contributed by atoms with Gasteiger partial charge in [-0.2, -0.15) is 5.26 Å². The van der Waals surface area contributed by atoms with Crippen molar-refractivity contribution in [3.8, 4) is 11.8 Å². The second kappa shape index (κ2) is 6.95. The third-order valence-electron chi connectivity index (χ3n) is 3.61. The Hall–Kier alpha value is -2.02. The second-order valence-electron chi connectivity index (χ2n) is 4.96. The molecule has 0 aliphatic carbocycles. The number of fused-ring (bicyclic) bond motifs is 1. The summed E-state index contributed by atoms with van der Waals surface area (Å²) in [4.78, 5) is 11.5. The minimum absolute atomic E-state index is 0.143. The number of carbonyl (C=O) groups excluding carboxylic acids is 1. The number of cyclic esters (lactones) is 1. The van der Waals surface area contributed by atoms with E-state index in [1.54, 1.807) is 7.11 Å². The van der Waals surface area contributed by atoms with Crippen molar-refractivity contribution < 1.29 is 14.3 Å². The molecule has 0 fully saturated rings. The lowest BCUT2D eigenvalue weighted by molar-refractivity contribution is -0.143. The maximum absolute atomic E-state index is 11.5. The van der Waals surface area contributed by atoms with Crippen LogP contribution in [-0.2, 0) is 16.0 Å². The van der Waals surface area contributed by atoms with Crippen LogP contribution in [0.3, 0.4) is 0 Å². The minimum atomic E-state index is -0.170. The van der Waals surface area contributed by atoms with Crippen molar-refractivity contribution in [2.45, 2.75) is 38.0 Å². The van der Waals surface area contributed by atoms with Gasteiger partial charge in [0.15, 0.2) is 0 Å². The van der Waals surface area contributed by atoms with Crippen LogP contribution in [0, 0.1) is 11.3 Å². The largest absolute Gasteiger partial charge is 0.497 e. The van der Waals surface area contributed by atoms with Crippen molar-refractivity contribution in [2.75, 3.05) is 13.7 Å². The first-order valence-electron chi connectivity index (χ1n) is 6.96. The molecular formula is C16H19NO3. The molecule has 0 bridgehead atoms. The van der Waals surface area contributed by atoms with Crippen molar-refractivity contribution in [1.29, 1.82) is 5.26 Å². The molecule has 0 aromatic heterocycles. The van der Waals surface area contributed by atoms with Crippen LogP contribution in [0.5, 0.6) is 5.75 Å². The van der Waals surface area contributed by atoms with Crippen LogP contribution in [0.4, 0.5) is 0 Å². The van der Waals surface area contributed by atoms with E-state index < -0.39 is 0 Å². The van der Waals surface area contributed by atoms with Gasteiger partial charge in [-0.15, -0.1) is 0 Å². The van der Waals surface area contributed by atoms with Crippen LogP contribution in [-0.4, -0.2) is 19.7 Å². The Labute approximate surface area is 119 Å². The summed E-state index contributed by atoms with van der Waals surface area (Å²) in [6.45, 7) is 0.399. The normalized spacial score (nSPS) is 20.0. The van der Waals surface area contributed by atoms with Crippen molar-refractivity contribution in [2.24, 2.45) is 0 Å². The highest BCUT2D eigenvalue weighted by molar-refractivity contribution is 5.69. The first-order valence-corrected chi connectivity index (χ1v) is 6.96. The zero-order chi connectivity index (χ0) is 14.4. The second-order valence-corrected chi connectivity index (χ2v) is 4.96. The van der Waals surface area contributed by atoms with Crippen LogP contribution in [0.15, 0.2) is 18.2 Å². The fourth-order valence-corrected chi connectivity index (χ4v) is 2.51. The van der Waals surface area contributed by atoms with Gasteiger partial charge in [0, 0.05) is 6.42 Å². The molecule has 0 spiro atoms. The van der Waals surface area contributed by atoms with Crippen molar-refractivity contribution >= 4 is 5.97 Å². The van der Waals surface area contributed by atoms with Gasteiger partial charge in [0.05, 0.1) is 25.7 Å². The van der Waals surface area contributed by atoms with Crippen LogP contribution < -0.4 is 4.74 Å². The SMILES string of the molecule is COc1ccc2c(c1)C(C#N)CCCOC(=O)CCC2. The number of rotatable bonds is 1. The van der Waals surface area contributed by atoms with Crippen molar-refractivity contribution in [3.05, 3.63) is 29.3 Å². The van der Waals surface area contributed by atoms with Crippen molar-refractivity contribution in [1.82, 2.24) is 0 Å². The summed E-state index contributed by atoms with van der Waals surface area (Å²) in [6, 6.07) is 8.22. The number of aryl methyl sites for hydroxylation is 1. The number of hydrogen-bond acceptors (Lipinski definition) is 4. The average Bonchev–Trinajstić information content (AvgIpc) is 2.50. The predicted octanol–water partition coefficient (Wildman–Crippen LogP) is 2.96. The molecule has 4 heteroatoms. The van der Waals surface area contributed by atoms with Gasteiger partial charge < -0.3 is 9.47 Å². The average molecular weight is 273 g/mol. The third-order valence-corrected chi connectivity index (χ3v) is 3.61. The summed E-state index contributed by atoms with van der Waals surface area (Å²) >= 11 is 0. The standard InChI is InChI=1S/C16H19NO3/c1-19-14-8-7-12-4-2-6-16(18)20-9-3-5-13(11-17)15(12)10-14/h7-8,10,13H,2-6,9H2,1H3. The molecule has 0 saturated heterocycles. The Morgan fingerprint density at radius 3 is 2.95 bits per heavy atom. The van der Waals surface area contributed by atoms with E-state index in [0.717, 1.165) is 29.7 Å². The van der Waals surface area contributed by atoms with Crippen LogP contribution in [0.1, 0.15) is 42.7 Å². The highest BCUT2D eigenvalue weighted by atomic mass is 16.5. The number of carbonyl (C=O) groups is 1. The zero-order valence-corrected chi connectivity index (χ0v) is 11.7. The molecule has 1 atom stereocenters. The molecule has 106 valence electrons. The summed E-state index contributed by atoms with van der Waals surface area (Å²) < 4.78 is 10.4. The van der Waals surface area contributed by atoms with Gasteiger partial charge in [0.25, 0.3) is 0 Å². The molecule has 1 aromatic carbocycles. The van der Waals surface area contributed by atoms with Gasteiger partial charge in [-0.05, 0) is 48.9 Å². The summed E-state index contributed by atoms with van der Waals surface area (Å²) in [5.74, 6) is 0.457. The van der Waals surface area contributed by atoms with Crippen LogP contribution in [0.25, 0.3) is 0 Å². The summed E-state index contributed by atoms with van der Waals surface area (Å²) in [5.41, 5.74) is 2.16. The lowest BCUT2D eigenvalue weighted by Crippen LogP contribution is -2.05. The van der Waals surface area contributed by atoms with E-state index in [-0.39, 0.29) is 11.9 Å². The van der Waals surface area contributed by atoms with E-state index in [0.29, 0.717) is 25.9 Å². The molecule has 0 saturated carbocycles. The lowest BCUT2D eigenvalue weighted by atomic mass is 9.89. The molecule has 1 aliphatic heterocycles. The van der Waals surface area contributed by atoms with Gasteiger partial charge in [0.2, 0.25) is 0 Å². The van der Waals surface area contributed by atoms with Crippen molar-refractivity contribution in [3.63, 3.8) is 0 Å². The quantitative estimate of drug-likeness (QED) is 0.738. The number of nitriles is 1. The van der Waals surface area contributed by atoms with Gasteiger partial charge in [-0.25, -0.2) is 0 Å². The van der Waals surface area contributed by atoms with Gasteiger partial charge >= 0.3 is 5.97 Å². The first-order chi connectivity index (χ1) is 9.74. The van der Waals surface area contributed by atoms with E-state index in [1.807, 2.05) is 18.2 Å². The highest BCUT2D eigenvalue weighted by Crippen LogP contribution is 2.29. The molecule has 1 aliphatic rings. The Morgan fingerprint density at radius 2 is 2.20 bits per heavy atom. The number of esters is 1. The Kier molecular flexibility index (Phi) is 5.00. The van der Waals surface area contributed by atoms with Gasteiger partial charge in [-0.3, -0.25) is 4.79 Å². The highest BCUT2D eigenvalue weighted by Gasteiger charge is 2.17. The molecule has 0 radical (unpaired) electrons. The smallest absolute Gasteiger partial charge is 0.305 e. The maximum atomic E-state index is 11.5. The van der Waals surface area contributed by atoms with Crippen LogP contribution in [0.2, 0.25) is 0 Å². The molecule has 20 heavy (non-hydrogen) atoms. The predicted molar refractivity (Wildman–Crippen MR) is 74.5 cm³/mol. The number of nitrogens with zero attached hydrogens (tertiary/aromatic N) is 1. The third kappa shape index (κ3) is 3.51. The van der Waals surface area contributed by atoms with Crippen LogP contribution >= 0.6 is 0 Å². The Balaban J connectivity index is 2.30. The molecule has 2 rings (SSSR count). The van der Waals surface area contributed by atoms with E-state index in [9.17, 15) is 10.1 Å². The summed E-state index contributed by atoms with van der Waals surface area (Å²) in [5, 5.41) is 9.40. The summed E-state index contributed by atoms with van der Waals surface area (Å²) in [7, 11) is 1.63. The maximum Gasteiger partial charge on any atom is 0.305 e. The van der Waals surface area contributed by atoms with E-state index in [2.05, 4.69) is 6.07 Å². The number of benzene rings is 1. The van der Waals surface area contributed by atoms with E-state index >= 15 is 0 Å². The first kappa shape index (κ1) is 14.4. The monoisotopic (exact) mass is 273 g/mol. The van der Waals surface area contributed by atoms with Gasteiger partial charge in [-0.1, -0.05) is 6.07 Å². The molecule has 1 aromatic rings. The van der Waals surface area contributed by atoms with Gasteiger partial charge in [0.1, 0.15) is 5.75 Å². The molecule has 0 amide bonds. The summed E-state index contributed by atoms with van der Waals surface area (Å²) in [6.07, 6.45) is 3.37. The molecule has 1 heterocycles. The number of hydrogen-bond donors (Lipinski definition) is 0. The molecule has 1 unspecified atom stereocenters. The number of methoxy groups -OCH3 is 1. The Morgan fingerprint density at radius 1 is 1.35 bits per heavy atom.